The van der Waals surface area contributed by atoms with Gasteiger partial charge >= 0.3 is 0 Å². The zero-order valence-corrected chi connectivity index (χ0v) is 13.1. The van der Waals surface area contributed by atoms with E-state index in [0.717, 1.165) is 9.54 Å². The molecule has 0 aliphatic carbocycles. The highest BCUT2D eigenvalue weighted by Crippen LogP contribution is 2.37. The van der Waals surface area contributed by atoms with Crippen molar-refractivity contribution in [2.24, 2.45) is 5.73 Å². The number of nitrogens with two attached hydrogens (primary N) is 1. The molecule has 1 unspecified atom stereocenters. The first-order valence-corrected chi connectivity index (χ1v) is 9.02. The third-order valence-corrected chi connectivity index (χ3v) is 6.89. The summed E-state index contributed by atoms with van der Waals surface area (Å²) in [5.74, 6) is 2.42. The predicted octanol–water partition coefficient (Wildman–Crippen LogP) is 4.41. The van der Waals surface area contributed by atoms with Crippen molar-refractivity contribution < 1.29 is 0 Å². The molecule has 0 aromatic carbocycles. The van der Waals surface area contributed by atoms with Crippen LogP contribution < -0.4 is 5.73 Å². The lowest BCUT2D eigenvalue weighted by Crippen LogP contribution is -2.07. The van der Waals surface area contributed by atoms with Crippen molar-refractivity contribution in [1.82, 2.24) is 0 Å². The molecule has 0 radical (unpaired) electrons. The maximum absolute atomic E-state index is 6.33. The Kier molecular flexibility index (Phi) is 3.64. The van der Waals surface area contributed by atoms with Gasteiger partial charge in [-0.1, -0.05) is 0 Å². The normalized spacial score (nSPS) is 16.8. The van der Waals surface area contributed by atoms with E-state index in [-0.39, 0.29) is 6.04 Å². The summed E-state index contributed by atoms with van der Waals surface area (Å²) in [4.78, 5) is 4.10. The van der Waals surface area contributed by atoms with Gasteiger partial charge in [0.1, 0.15) is 0 Å². The van der Waals surface area contributed by atoms with Gasteiger partial charge in [0.15, 0.2) is 0 Å². The number of hydrogen-bond donors (Lipinski definition) is 1. The van der Waals surface area contributed by atoms with Crippen molar-refractivity contribution in [2.45, 2.75) is 18.2 Å². The lowest BCUT2D eigenvalue weighted by atomic mass is 10.1. The van der Waals surface area contributed by atoms with Gasteiger partial charge in [0.25, 0.3) is 0 Å². The van der Waals surface area contributed by atoms with Crippen LogP contribution in [0, 0.1) is 0 Å². The SMILES string of the molecule is NC(c1ccc(Br)s1)c1cc2c(s1)CCSC2. The van der Waals surface area contributed by atoms with E-state index in [4.69, 9.17) is 5.73 Å². The predicted molar refractivity (Wildman–Crippen MR) is 82.2 cm³/mol. The van der Waals surface area contributed by atoms with Gasteiger partial charge in [-0.2, -0.15) is 11.8 Å². The van der Waals surface area contributed by atoms with Crippen LogP contribution in [0.15, 0.2) is 22.0 Å². The lowest BCUT2D eigenvalue weighted by molar-refractivity contribution is 0.916. The molecule has 1 aliphatic rings. The van der Waals surface area contributed by atoms with E-state index in [1.54, 1.807) is 16.2 Å². The summed E-state index contributed by atoms with van der Waals surface area (Å²) >= 11 is 9.15. The van der Waals surface area contributed by atoms with Crippen molar-refractivity contribution in [3.63, 3.8) is 0 Å². The molecule has 1 atom stereocenters. The van der Waals surface area contributed by atoms with Gasteiger partial charge in [-0.25, -0.2) is 0 Å². The van der Waals surface area contributed by atoms with E-state index in [1.807, 2.05) is 23.1 Å². The van der Waals surface area contributed by atoms with Crippen molar-refractivity contribution in [1.29, 1.82) is 0 Å². The van der Waals surface area contributed by atoms with E-state index in [0.29, 0.717) is 0 Å². The molecule has 0 amide bonds. The van der Waals surface area contributed by atoms with E-state index in [1.165, 1.54) is 27.5 Å². The standard InChI is InChI=1S/C12H12BrNS3/c13-11-2-1-9(17-11)12(14)10-5-7-6-15-4-3-8(7)16-10/h1-2,5,12H,3-4,6,14H2. The number of halogens is 1. The van der Waals surface area contributed by atoms with E-state index < -0.39 is 0 Å². The Balaban J connectivity index is 1.91. The molecular formula is C12H12BrNS3. The van der Waals surface area contributed by atoms with Crippen LogP contribution in [0.2, 0.25) is 0 Å². The Hall–Kier alpha value is 0.190. The first kappa shape index (κ1) is 12.2. The summed E-state index contributed by atoms with van der Waals surface area (Å²) in [5.41, 5.74) is 7.84. The molecule has 2 aromatic heterocycles. The highest BCUT2D eigenvalue weighted by atomic mass is 79.9. The van der Waals surface area contributed by atoms with Crippen molar-refractivity contribution in [3.05, 3.63) is 42.2 Å². The average molecular weight is 346 g/mol. The molecule has 0 saturated heterocycles. The molecule has 2 aromatic rings. The first-order valence-electron chi connectivity index (χ1n) is 5.44. The maximum Gasteiger partial charge on any atom is 0.0740 e. The molecule has 1 nitrogen and oxygen atoms in total. The summed E-state index contributed by atoms with van der Waals surface area (Å²) in [6.07, 6.45) is 1.21. The monoisotopic (exact) mass is 345 g/mol. The molecule has 3 rings (SSSR count). The minimum atomic E-state index is 0.0481. The molecule has 0 spiro atoms. The zero-order chi connectivity index (χ0) is 11.8. The quantitative estimate of drug-likeness (QED) is 0.872. The van der Waals surface area contributed by atoms with Crippen LogP contribution in [0.4, 0.5) is 0 Å². The Morgan fingerprint density at radius 2 is 2.12 bits per heavy atom. The van der Waals surface area contributed by atoms with Crippen LogP contribution >= 0.6 is 50.4 Å². The summed E-state index contributed by atoms with van der Waals surface area (Å²) in [5, 5.41) is 0. The highest BCUT2D eigenvalue weighted by molar-refractivity contribution is 9.11. The van der Waals surface area contributed by atoms with Crippen LogP contribution in [-0.4, -0.2) is 5.75 Å². The van der Waals surface area contributed by atoms with Crippen molar-refractivity contribution >= 4 is 50.4 Å². The topological polar surface area (TPSA) is 26.0 Å². The summed E-state index contributed by atoms with van der Waals surface area (Å²) < 4.78 is 1.15. The Morgan fingerprint density at radius 1 is 1.24 bits per heavy atom. The van der Waals surface area contributed by atoms with Crippen LogP contribution in [0.3, 0.4) is 0 Å². The number of rotatable bonds is 2. The van der Waals surface area contributed by atoms with E-state index in [9.17, 15) is 0 Å². The maximum atomic E-state index is 6.33. The van der Waals surface area contributed by atoms with Gasteiger partial charge in [0.2, 0.25) is 0 Å². The van der Waals surface area contributed by atoms with Gasteiger partial charge in [-0.3, -0.25) is 0 Å². The van der Waals surface area contributed by atoms with Crippen molar-refractivity contribution in [2.75, 3.05) is 5.75 Å². The fraction of sp³-hybridized carbons (Fsp3) is 0.333. The average Bonchev–Trinajstić information content (AvgIpc) is 2.93. The van der Waals surface area contributed by atoms with Crippen molar-refractivity contribution in [3.8, 4) is 0 Å². The third kappa shape index (κ3) is 2.49. The summed E-state index contributed by atoms with van der Waals surface area (Å²) in [6.45, 7) is 0. The Labute approximate surface area is 122 Å². The highest BCUT2D eigenvalue weighted by Gasteiger charge is 2.19. The van der Waals surface area contributed by atoms with Crippen LogP contribution in [0.1, 0.15) is 26.2 Å². The summed E-state index contributed by atoms with van der Waals surface area (Å²) in [7, 11) is 0. The molecule has 0 fully saturated rings. The minimum Gasteiger partial charge on any atom is -0.319 e. The number of aryl methyl sites for hydroxylation is 1. The lowest BCUT2D eigenvalue weighted by Gasteiger charge is -2.08. The molecule has 0 saturated carbocycles. The number of hydrogen-bond acceptors (Lipinski definition) is 4. The van der Waals surface area contributed by atoms with E-state index in [2.05, 4.69) is 34.1 Å². The first-order chi connectivity index (χ1) is 8.24. The van der Waals surface area contributed by atoms with Gasteiger partial charge < -0.3 is 5.73 Å². The van der Waals surface area contributed by atoms with Crippen LogP contribution in [-0.2, 0) is 12.2 Å². The largest absolute Gasteiger partial charge is 0.319 e. The van der Waals surface area contributed by atoms with Crippen LogP contribution in [0.5, 0.6) is 0 Å². The molecule has 5 heteroatoms. The Morgan fingerprint density at radius 3 is 2.82 bits per heavy atom. The van der Waals surface area contributed by atoms with Gasteiger partial charge in [-0.15, -0.1) is 22.7 Å². The second kappa shape index (κ2) is 5.05. The molecular weight excluding hydrogens is 334 g/mol. The molecule has 17 heavy (non-hydrogen) atoms. The van der Waals surface area contributed by atoms with E-state index >= 15 is 0 Å². The third-order valence-electron chi connectivity index (χ3n) is 2.85. The van der Waals surface area contributed by atoms with Gasteiger partial charge in [0, 0.05) is 20.4 Å². The fourth-order valence-corrected chi connectivity index (χ4v) is 5.87. The molecule has 2 N–H and O–H groups in total. The minimum absolute atomic E-state index is 0.0481. The smallest absolute Gasteiger partial charge is 0.0740 e. The summed E-state index contributed by atoms with van der Waals surface area (Å²) in [6, 6.07) is 6.55. The Bertz CT molecular complexity index is 508. The molecule has 1 aliphatic heterocycles. The second-order valence-electron chi connectivity index (χ2n) is 4.02. The fourth-order valence-electron chi connectivity index (χ4n) is 1.96. The van der Waals surface area contributed by atoms with Gasteiger partial charge in [-0.05, 0) is 51.9 Å². The van der Waals surface area contributed by atoms with Gasteiger partial charge in [0.05, 0.1) is 9.83 Å². The number of fused-ring (bicyclic) bond motifs is 1. The molecule has 90 valence electrons. The molecule has 3 heterocycles. The second-order valence-corrected chi connectivity index (χ2v) is 8.79. The number of thiophene rings is 2. The molecule has 0 bridgehead atoms. The zero-order valence-electron chi connectivity index (χ0n) is 9.11. The van der Waals surface area contributed by atoms with Crippen LogP contribution in [0.25, 0.3) is 0 Å². The number of thioether (sulfide) groups is 1.